The molecule has 0 aliphatic carbocycles. The van der Waals surface area contributed by atoms with Crippen molar-refractivity contribution in [2.24, 2.45) is 0 Å². The van der Waals surface area contributed by atoms with E-state index < -0.39 is 0 Å². The van der Waals surface area contributed by atoms with Gasteiger partial charge >= 0.3 is 7.55 Å². The summed E-state index contributed by atoms with van der Waals surface area (Å²) in [5.74, 6) is -0.241. The average Bonchev–Trinajstić information content (AvgIpc) is 2.35. The second kappa shape index (κ2) is 5.25. The summed E-state index contributed by atoms with van der Waals surface area (Å²) in [7, 11) is 1.51. The van der Waals surface area contributed by atoms with Gasteiger partial charge in [0.05, 0.1) is 5.25 Å². The Kier molecular flexibility index (Phi) is 4.54. The number of nitrogens with one attached hydrogen (secondary N) is 1. The predicted molar refractivity (Wildman–Crippen MR) is 76.2 cm³/mol. The monoisotopic (exact) mass is 269 g/mol. The van der Waals surface area contributed by atoms with E-state index in [4.69, 9.17) is 0 Å². The maximum Gasteiger partial charge on any atom is 0.360 e. The van der Waals surface area contributed by atoms with Crippen LogP contribution in [-0.4, -0.2) is 39.7 Å². The third-order valence-corrected chi connectivity index (χ3v) is 3.62. The highest BCUT2D eigenvalue weighted by atomic mass is 32.2. The lowest BCUT2D eigenvalue weighted by molar-refractivity contribution is -0.132. The highest BCUT2D eigenvalue weighted by Crippen LogP contribution is 2.34. The van der Waals surface area contributed by atoms with Gasteiger partial charge in [0, 0.05) is 16.7 Å². The van der Waals surface area contributed by atoms with Gasteiger partial charge in [0.2, 0.25) is 11.8 Å². The Bertz CT molecular complexity index is 347. The van der Waals surface area contributed by atoms with E-state index in [9.17, 15) is 9.59 Å². The Morgan fingerprint density at radius 2 is 1.78 bits per heavy atom. The summed E-state index contributed by atoms with van der Waals surface area (Å²) >= 11 is 1.55. The molecule has 4 nitrogen and oxygen atoms in total. The van der Waals surface area contributed by atoms with Crippen LogP contribution in [0.2, 0.25) is 0 Å². The van der Waals surface area contributed by atoms with Crippen LogP contribution >= 0.6 is 11.8 Å². The van der Waals surface area contributed by atoms with Gasteiger partial charge in [-0.2, -0.15) is 0 Å². The Hall–Kier alpha value is -0.485. The number of nitrogens with zero attached hydrogens (tertiary/aromatic N) is 1. The minimum atomic E-state index is -0.254. The van der Waals surface area contributed by atoms with Crippen molar-refractivity contribution in [1.82, 2.24) is 10.0 Å². The van der Waals surface area contributed by atoms with Crippen LogP contribution in [0.25, 0.3) is 0 Å². The van der Waals surface area contributed by atoms with E-state index in [1.807, 2.05) is 20.8 Å². The lowest BCUT2D eigenvalue weighted by Gasteiger charge is -2.24. The molecule has 0 aromatic heterocycles. The van der Waals surface area contributed by atoms with Crippen molar-refractivity contribution >= 4 is 31.1 Å². The lowest BCUT2D eigenvalue weighted by Crippen LogP contribution is -2.49. The van der Waals surface area contributed by atoms with Crippen molar-refractivity contribution < 1.29 is 9.59 Å². The molecule has 1 N–H and O–H groups in total. The Labute approximate surface area is 115 Å². The summed E-state index contributed by atoms with van der Waals surface area (Å²) in [5, 5.41) is 2.80. The second-order valence-electron chi connectivity index (χ2n) is 6.55. The zero-order chi connectivity index (χ0) is 14.1. The molecular formula is C12H22BN2O2S. The number of thioether (sulfide) groups is 1. The maximum absolute atomic E-state index is 12.1. The molecule has 0 saturated carbocycles. The van der Waals surface area contributed by atoms with E-state index in [1.165, 1.54) is 12.4 Å². The molecule has 2 amide bonds. The number of amides is 2. The molecule has 6 heteroatoms. The summed E-state index contributed by atoms with van der Waals surface area (Å²) in [4.78, 5) is 25.2. The van der Waals surface area contributed by atoms with Crippen LogP contribution < -0.4 is 5.23 Å². The first-order chi connectivity index (χ1) is 7.99. The third kappa shape index (κ3) is 4.65. The third-order valence-electron chi connectivity index (χ3n) is 2.26. The van der Waals surface area contributed by atoms with Gasteiger partial charge < -0.3 is 10.0 Å². The van der Waals surface area contributed by atoms with Gasteiger partial charge in [-0.25, -0.2) is 0 Å². The van der Waals surface area contributed by atoms with Gasteiger partial charge in [0.1, 0.15) is 0 Å². The van der Waals surface area contributed by atoms with Crippen molar-refractivity contribution in [3.05, 3.63) is 0 Å². The van der Waals surface area contributed by atoms with Crippen LogP contribution in [0.4, 0.5) is 0 Å². The summed E-state index contributed by atoms with van der Waals surface area (Å²) in [6.45, 7) is 12.1. The quantitative estimate of drug-likeness (QED) is 0.624. The van der Waals surface area contributed by atoms with Crippen molar-refractivity contribution in [3.63, 3.8) is 0 Å². The van der Waals surface area contributed by atoms with Crippen LogP contribution in [0.1, 0.15) is 48.0 Å². The van der Waals surface area contributed by atoms with Gasteiger partial charge in [-0.1, -0.05) is 20.8 Å². The normalized spacial score (nSPS) is 21.7. The molecule has 0 aromatic carbocycles. The van der Waals surface area contributed by atoms with Crippen molar-refractivity contribution in [3.8, 4) is 0 Å². The Morgan fingerprint density at radius 3 is 2.22 bits per heavy atom. The minimum absolute atomic E-state index is 0.0198. The molecule has 1 aliphatic heterocycles. The SMILES string of the molecule is CC(C)(C)N[B]N1C(=O)CC(SC(C)(C)C)C1=O. The minimum Gasteiger partial charge on any atom is -0.335 e. The van der Waals surface area contributed by atoms with E-state index in [0.29, 0.717) is 6.42 Å². The van der Waals surface area contributed by atoms with Crippen LogP contribution in [0, 0.1) is 0 Å². The van der Waals surface area contributed by atoms with Crippen LogP contribution in [0.3, 0.4) is 0 Å². The van der Waals surface area contributed by atoms with Gasteiger partial charge in [-0.3, -0.25) is 9.59 Å². The van der Waals surface area contributed by atoms with Crippen molar-refractivity contribution in [1.29, 1.82) is 0 Å². The summed E-state index contributed by atoms with van der Waals surface area (Å²) < 4.78 is -0.0198. The number of carbonyl (C=O) groups excluding carboxylic acids is 2. The zero-order valence-corrected chi connectivity index (χ0v) is 12.9. The first-order valence-corrected chi connectivity index (χ1v) is 7.02. The molecule has 0 bridgehead atoms. The fourth-order valence-electron chi connectivity index (χ4n) is 1.53. The van der Waals surface area contributed by atoms with Crippen molar-refractivity contribution in [2.45, 2.75) is 63.5 Å². The molecule has 1 fully saturated rings. The molecule has 18 heavy (non-hydrogen) atoms. The summed E-state index contributed by atoms with van der Waals surface area (Å²) in [6.07, 6.45) is 0.295. The van der Waals surface area contributed by atoms with Gasteiger partial charge in [0.15, 0.2) is 0 Å². The molecule has 1 radical (unpaired) electrons. The van der Waals surface area contributed by atoms with Crippen LogP contribution in [0.15, 0.2) is 0 Å². The smallest absolute Gasteiger partial charge is 0.335 e. The molecule has 1 aliphatic rings. The maximum atomic E-state index is 12.1. The van der Waals surface area contributed by atoms with Gasteiger partial charge in [-0.15, -0.1) is 11.8 Å². The van der Waals surface area contributed by atoms with E-state index >= 15 is 0 Å². The van der Waals surface area contributed by atoms with Gasteiger partial charge in [0.25, 0.3) is 0 Å². The van der Waals surface area contributed by atoms with E-state index in [2.05, 4.69) is 26.0 Å². The fraction of sp³-hybridized carbons (Fsp3) is 0.833. The summed E-state index contributed by atoms with van der Waals surface area (Å²) in [6, 6.07) is 0. The molecule has 0 aromatic rings. The number of hydrogen-bond acceptors (Lipinski definition) is 4. The van der Waals surface area contributed by atoms with Gasteiger partial charge in [-0.05, 0) is 20.8 Å². The predicted octanol–water partition coefficient (Wildman–Crippen LogP) is 1.57. The van der Waals surface area contributed by atoms with E-state index in [0.717, 1.165) is 0 Å². The first-order valence-electron chi connectivity index (χ1n) is 6.14. The fourth-order valence-corrected chi connectivity index (χ4v) is 2.83. The summed E-state index contributed by atoms with van der Waals surface area (Å²) in [5.41, 5.74) is -0.157. The largest absolute Gasteiger partial charge is 0.360 e. The van der Waals surface area contributed by atoms with Crippen LogP contribution in [-0.2, 0) is 9.59 Å². The molecule has 1 saturated heterocycles. The number of imide groups is 1. The Balaban J connectivity index is 2.62. The Morgan fingerprint density at radius 1 is 1.22 bits per heavy atom. The number of rotatable bonds is 3. The lowest BCUT2D eigenvalue weighted by atomic mass is 9.99. The van der Waals surface area contributed by atoms with E-state index in [-0.39, 0.29) is 27.4 Å². The molecule has 1 rings (SSSR count). The first kappa shape index (κ1) is 15.6. The number of carbonyl (C=O) groups is 2. The standard InChI is InChI=1S/C12H22BN2O2S/c1-11(2,3)14-13-15-9(16)7-8(10(15)17)18-12(4,5)6/h8,14H,7H2,1-6H3. The highest BCUT2D eigenvalue weighted by molar-refractivity contribution is 8.01. The second-order valence-corrected chi connectivity index (χ2v) is 8.58. The number of hydrogen-bond donors (Lipinski definition) is 1. The zero-order valence-electron chi connectivity index (χ0n) is 12.0. The molecule has 0 spiro atoms. The molecule has 1 atom stereocenters. The van der Waals surface area contributed by atoms with Crippen LogP contribution in [0.5, 0.6) is 0 Å². The average molecular weight is 269 g/mol. The van der Waals surface area contributed by atoms with Crippen molar-refractivity contribution in [2.75, 3.05) is 0 Å². The highest BCUT2D eigenvalue weighted by Gasteiger charge is 2.41. The molecule has 101 valence electrons. The molecule has 1 unspecified atom stereocenters. The molecule has 1 heterocycles. The molecular weight excluding hydrogens is 247 g/mol. The van der Waals surface area contributed by atoms with E-state index in [1.54, 1.807) is 11.8 Å². The topological polar surface area (TPSA) is 49.4 Å².